The number of aromatic nitrogens is 4. The zero-order chi connectivity index (χ0) is 20.1. The van der Waals surface area contributed by atoms with Crippen LogP contribution in [0.25, 0.3) is 11.0 Å². The molecule has 0 N–H and O–H groups in total. The maximum Gasteiger partial charge on any atom is 0.176 e. The second kappa shape index (κ2) is 9.01. The van der Waals surface area contributed by atoms with Gasteiger partial charge in [-0.05, 0) is 48.0 Å². The lowest BCUT2D eigenvalue weighted by atomic mass is 10.1. The average Bonchev–Trinajstić information content (AvgIpc) is 3.38. The quantitative estimate of drug-likeness (QED) is 0.422. The molecule has 0 fully saturated rings. The predicted octanol–water partition coefficient (Wildman–Crippen LogP) is 4.48. The first kappa shape index (κ1) is 19.3. The molecular formula is C23H27N5O. The van der Waals surface area contributed by atoms with Crippen molar-refractivity contribution in [2.45, 2.75) is 38.8 Å². The lowest BCUT2D eigenvalue weighted by Gasteiger charge is -2.25. The standard InChI is InChI=1S/C23H27N5O/c1-3-4-15-28-23(24-25-26-28)22(21-17-19-12-8-9-13-20(19)29-21)27(2)16-14-18-10-6-5-7-11-18/h5-13,17,22H,3-4,14-16H2,1-2H3. The highest BCUT2D eigenvalue weighted by atomic mass is 16.3. The van der Waals surface area contributed by atoms with Gasteiger partial charge in [0.2, 0.25) is 0 Å². The van der Waals surface area contributed by atoms with Crippen LogP contribution in [0.4, 0.5) is 0 Å². The normalized spacial score (nSPS) is 12.7. The Morgan fingerprint density at radius 3 is 2.66 bits per heavy atom. The van der Waals surface area contributed by atoms with Gasteiger partial charge in [0.05, 0.1) is 0 Å². The van der Waals surface area contributed by atoms with Crippen LogP contribution in [-0.2, 0) is 13.0 Å². The average molecular weight is 390 g/mol. The predicted molar refractivity (Wildman–Crippen MR) is 114 cm³/mol. The molecule has 1 atom stereocenters. The lowest BCUT2D eigenvalue weighted by Crippen LogP contribution is -2.30. The molecule has 6 heteroatoms. The first-order valence-corrected chi connectivity index (χ1v) is 10.2. The zero-order valence-corrected chi connectivity index (χ0v) is 17.0. The fraction of sp³-hybridized carbons (Fsp3) is 0.348. The summed E-state index contributed by atoms with van der Waals surface area (Å²) in [5.74, 6) is 1.70. The highest BCUT2D eigenvalue weighted by Gasteiger charge is 2.28. The van der Waals surface area contributed by atoms with Gasteiger partial charge >= 0.3 is 0 Å². The third-order valence-electron chi connectivity index (χ3n) is 5.28. The molecule has 0 bridgehead atoms. The van der Waals surface area contributed by atoms with E-state index >= 15 is 0 Å². The van der Waals surface area contributed by atoms with Gasteiger partial charge in [-0.2, -0.15) is 0 Å². The molecule has 0 amide bonds. The Bertz CT molecular complexity index is 1010. The van der Waals surface area contributed by atoms with Gasteiger partial charge in [0.25, 0.3) is 0 Å². The van der Waals surface area contributed by atoms with Crippen LogP contribution in [0, 0.1) is 0 Å². The van der Waals surface area contributed by atoms with Crippen molar-refractivity contribution in [3.8, 4) is 0 Å². The molecule has 2 heterocycles. The summed E-state index contributed by atoms with van der Waals surface area (Å²) >= 11 is 0. The van der Waals surface area contributed by atoms with Crippen molar-refractivity contribution in [2.24, 2.45) is 0 Å². The maximum atomic E-state index is 6.24. The van der Waals surface area contributed by atoms with Crippen LogP contribution >= 0.6 is 0 Å². The summed E-state index contributed by atoms with van der Waals surface area (Å²) in [6.07, 6.45) is 3.08. The Hall–Kier alpha value is -2.99. The van der Waals surface area contributed by atoms with E-state index in [1.54, 1.807) is 0 Å². The van der Waals surface area contributed by atoms with Crippen LogP contribution in [-0.4, -0.2) is 38.7 Å². The summed E-state index contributed by atoms with van der Waals surface area (Å²) in [6, 6.07) is 20.6. The Balaban J connectivity index is 1.66. The molecule has 29 heavy (non-hydrogen) atoms. The van der Waals surface area contributed by atoms with Gasteiger partial charge in [-0.1, -0.05) is 61.9 Å². The number of tetrazole rings is 1. The van der Waals surface area contributed by atoms with Gasteiger partial charge in [-0.25, -0.2) is 4.68 Å². The highest BCUT2D eigenvalue weighted by Crippen LogP contribution is 2.31. The molecule has 0 saturated carbocycles. The number of furan rings is 1. The first-order chi connectivity index (χ1) is 14.3. The Morgan fingerprint density at radius 1 is 1.07 bits per heavy atom. The summed E-state index contributed by atoms with van der Waals surface area (Å²) in [6.45, 7) is 3.85. The molecule has 2 aromatic carbocycles. The molecule has 150 valence electrons. The minimum Gasteiger partial charge on any atom is -0.459 e. The number of fused-ring (bicyclic) bond motifs is 1. The van der Waals surface area contributed by atoms with Crippen molar-refractivity contribution in [3.63, 3.8) is 0 Å². The second-order valence-electron chi connectivity index (χ2n) is 7.42. The van der Waals surface area contributed by atoms with Gasteiger partial charge in [0.1, 0.15) is 17.4 Å². The molecule has 4 aromatic rings. The van der Waals surface area contributed by atoms with Crippen LogP contribution in [0.2, 0.25) is 0 Å². The topological polar surface area (TPSA) is 60.0 Å². The molecule has 2 aromatic heterocycles. The van der Waals surface area contributed by atoms with E-state index in [-0.39, 0.29) is 6.04 Å². The maximum absolute atomic E-state index is 6.24. The van der Waals surface area contributed by atoms with E-state index in [0.29, 0.717) is 0 Å². The third kappa shape index (κ3) is 4.38. The van der Waals surface area contributed by atoms with Gasteiger partial charge < -0.3 is 4.42 Å². The fourth-order valence-electron chi connectivity index (χ4n) is 3.63. The summed E-state index contributed by atoms with van der Waals surface area (Å²) < 4.78 is 8.15. The number of likely N-dealkylation sites (N-methyl/N-ethyl adjacent to an activating group) is 1. The Labute approximate surface area is 171 Å². The van der Waals surface area contributed by atoms with E-state index in [0.717, 1.165) is 54.9 Å². The number of nitrogens with zero attached hydrogens (tertiary/aromatic N) is 5. The second-order valence-corrected chi connectivity index (χ2v) is 7.42. The molecule has 6 nitrogen and oxygen atoms in total. The number of rotatable bonds is 9. The van der Waals surface area contributed by atoms with Gasteiger partial charge in [-0.15, -0.1) is 5.10 Å². The molecule has 0 aliphatic heterocycles. The van der Waals surface area contributed by atoms with Crippen molar-refractivity contribution >= 4 is 11.0 Å². The van der Waals surface area contributed by atoms with E-state index in [4.69, 9.17) is 4.42 Å². The largest absolute Gasteiger partial charge is 0.459 e. The van der Waals surface area contributed by atoms with Crippen molar-refractivity contribution in [3.05, 3.63) is 77.8 Å². The van der Waals surface area contributed by atoms with Crippen molar-refractivity contribution in [1.29, 1.82) is 0 Å². The van der Waals surface area contributed by atoms with Crippen LogP contribution in [0.15, 0.2) is 65.1 Å². The summed E-state index contributed by atoms with van der Waals surface area (Å²) in [5, 5.41) is 13.7. The van der Waals surface area contributed by atoms with Gasteiger partial charge in [0.15, 0.2) is 5.82 Å². The van der Waals surface area contributed by atoms with E-state index in [9.17, 15) is 0 Å². The molecule has 0 spiro atoms. The van der Waals surface area contributed by atoms with Crippen molar-refractivity contribution < 1.29 is 4.42 Å². The van der Waals surface area contributed by atoms with Crippen molar-refractivity contribution in [1.82, 2.24) is 25.1 Å². The van der Waals surface area contributed by atoms with Crippen LogP contribution in [0.3, 0.4) is 0 Å². The fourth-order valence-corrected chi connectivity index (χ4v) is 3.63. The number of aryl methyl sites for hydroxylation is 1. The molecular weight excluding hydrogens is 362 g/mol. The summed E-state index contributed by atoms with van der Waals surface area (Å²) in [5.41, 5.74) is 2.20. The van der Waals surface area contributed by atoms with Gasteiger partial charge in [-0.3, -0.25) is 4.90 Å². The van der Waals surface area contributed by atoms with Crippen molar-refractivity contribution in [2.75, 3.05) is 13.6 Å². The first-order valence-electron chi connectivity index (χ1n) is 10.2. The van der Waals surface area contributed by atoms with E-state index in [1.165, 1.54) is 5.56 Å². The minimum absolute atomic E-state index is 0.141. The third-order valence-corrected chi connectivity index (χ3v) is 5.28. The number of benzene rings is 2. The van der Waals surface area contributed by atoms with Crippen LogP contribution < -0.4 is 0 Å². The minimum atomic E-state index is -0.141. The number of unbranched alkanes of at least 4 members (excludes halogenated alkanes) is 1. The molecule has 4 rings (SSSR count). The van der Waals surface area contributed by atoms with Gasteiger partial charge in [0, 0.05) is 18.5 Å². The SMILES string of the molecule is CCCCn1nnnc1C(c1cc2ccccc2o1)N(C)CCc1ccccc1. The lowest BCUT2D eigenvalue weighted by molar-refractivity contribution is 0.237. The smallest absolute Gasteiger partial charge is 0.176 e. The van der Waals surface area contributed by atoms with Crippen LogP contribution in [0.5, 0.6) is 0 Å². The molecule has 0 saturated heterocycles. The monoisotopic (exact) mass is 389 g/mol. The summed E-state index contributed by atoms with van der Waals surface area (Å²) in [7, 11) is 2.11. The van der Waals surface area contributed by atoms with E-state index < -0.39 is 0 Å². The summed E-state index contributed by atoms with van der Waals surface area (Å²) in [4.78, 5) is 2.28. The number of hydrogen-bond donors (Lipinski definition) is 0. The Kier molecular flexibility index (Phi) is 6.00. The molecule has 0 aliphatic carbocycles. The molecule has 0 aliphatic rings. The number of para-hydroxylation sites is 1. The highest BCUT2D eigenvalue weighted by molar-refractivity contribution is 5.77. The van der Waals surface area contributed by atoms with E-state index in [2.05, 4.69) is 70.8 Å². The molecule has 0 radical (unpaired) electrons. The zero-order valence-electron chi connectivity index (χ0n) is 17.0. The number of hydrogen-bond acceptors (Lipinski definition) is 5. The van der Waals surface area contributed by atoms with Crippen LogP contribution in [0.1, 0.15) is 43.0 Å². The molecule has 1 unspecified atom stereocenters. The Morgan fingerprint density at radius 2 is 1.86 bits per heavy atom. The van der Waals surface area contributed by atoms with E-state index in [1.807, 2.05) is 28.9 Å².